The van der Waals surface area contributed by atoms with Crippen LogP contribution in [0.2, 0.25) is 0 Å². The Kier molecular flexibility index (Phi) is 2.83. The summed E-state index contributed by atoms with van der Waals surface area (Å²) in [5.41, 5.74) is -2.98. The fourth-order valence-electron chi connectivity index (χ4n) is 1.56. The van der Waals surface area contributed by atoms with Crippen molar-refractivity contribution >= 4 is 5.97 Å². The van der Waals surface area contributed by atoms with Crippen LogP contribution in [0.4, 0.5) is 0 Å². The third-order valence-electron chi connectivity index (χ3n) is 2.37. The largest absolute Gasteiger partial charge is 0.479 e. The Morgan fingerprint density at radius 3 is 2.20 bits per heavy atom. The maximum absolute atomic E-state index is 11.3. The number of nitrogens with one attached hydrogen (secondary N) is 2. The van der Waals surface area contributed by atoms with E-state index in [0.29, 0.717) is 11.0 Å². The fraction of sp³-hybridized carbons (Fsp3) is 0.625. The monoisotopic (exact) mass is 215 g/mol. The van der Waals surface area contributed by atoms with Gasteiger partial charge in [-0.05, 0) is 13.3 Å². The van der Waals surface area contributed by atoms with E-state index in [-0.39, 0.29) is 6.42 Å². The van der Waals surface area contributed by atoms with Crippen LogP contribution in [0.25, 0.3) is 0 Å². The molecule has 7 nitrogen and oxygen atoms in total. The van der Waals surface area contributed by atoms with E-state index < -0.39 is 22.9 Å². The maximum Gasteiger partial charge on any atom is 0.345 e. The zero-order valence-corrected chi connectivity index (χ0v) is 8.53. The van der Waals surface area contributed by atoms with Crippen LogP contribution in [0.1, 0.15) is 26.7 Å². The summed E-state index contributed by atoms with van der Waals surface area (Å²) in [4.78, 5) is 33.6. The highest BCUT2D eigenvalue weighted by molar-refractivity contribution is 5.76. The quantitative estimate of drug-likeness (QED) is 0.627. The van der Waals surface area contributed by atoms with Gasteiger partial charge in [-0.3, -0.25) is 0 Å². The van der Waals surface area contributed by atoms with E-state index in [0.717, 1.165) is 0 Å². The number of nitrogens with zero attached hydrogens (tertiary/aromatic N) is 1. The van der Waals surface area contributed by atoms with Crippen molar-refractivity contribution in [2.45, 2.75) is 32.2 Å². The average Bonchev–Trinajstić information content (AvgIpc) is 2.46. The second-order valence-corrected chi connectivity index (χ2v) is 3.52. The third kappa shape index (κ3) is 1.72. The fourth-order valence-corrected chi connectivity index (χ4v) is 1.56. The van der Waals surface area contributed by atoms with Crippen LogP contribution in [0.3, 0.4) is 0 Å². The van der Waals surface area contributed by atoms with Gasteiger partial charge >= 0.3 is 17.3 Å². The normalized spacial score (nSPS) is 14.8. The van der Waals surface area contributed by atoms with E-state index in [9.17, 15) is 14.4 Å². The average molecular weight is 215 g/mol. The number of hydrogen-bond donors (Lipinski definition) is 3. The zero-order valence-electron chi connectivity index (χ0n) is 8.53. The molecule has 0 saturated heterocycles. The molecule has 1 aromatic heterocycles. The van der Waals surface area contributed by atoms with Gasteiger partial charge in [0.05, 0.1) is 0 Å². The van der Waals surface area contributed by atoms with E-state index in [1.165, 1.54) is 6.92 Å². The van der Waals surface area contributed by atoms with Crippen molar-refractivity contribution in [2.75, 3.05) is 0 Å². The second-order valence-electron chi connectivity index (χ2n) is 3.52. The van der Waals surface area contributed by atoms with Crippen LogP contribution in [0, 0.1) is 0 Å². The Morgan fingerprint density at radius 1 is 1.40 bits per heavy atom. The number of carbonyl (C=O) groups is 1. The highest BCUT2D eigenvalue weighted by Crippen LogP contribution is 2.18. The van der Waals surface area contributed by atoms with Gasteiger partial charge in [-0.25, -0.2) is 29.1 Å². The molecule has 0 aromatic carbocycles. The van der Waals surface area contributed by atoms with Crippen molar-refractivity contribution in [1.29, 1.82) is 0 Å². The number of aliphatic carboxylic acids is 1. The Bertz CT molecular complexity index is 441. The van der Waals surface area contributed by atoms with Gasteiger partial charge in [0.1, 0.15) is 5.54 Å². The van der Waals surface area contributed by atoms with Gasteiger partial charge < -0.3 is 5.11 Å². The summed E-state index contributed by atoms with van der Waals surface area (Å²) in [6.45, 7) is 3.14. The molecule has 0 amide bonds. The molecule has 1 rings (SSSR count). The molecule has 3 N–H and O–H groups in total. The van der Waals surface area contributed by atoms with Gasteiger partial charge in [0.15, 0.2) is 0 Å². The van der Waals surface area contributed by atoms with E-state index in [1.54, 1.807) is 6.92 Å². The van der Waals surface area contributed by atoms with Crippen LogP contribution in [0.15, 0.2) is 9.59 Å². The molecule has 1 aromatic rings. The number of aromatic amines is 2. The standard InChI is InChI=1S/C8H13N3O4/c1-3-4-8(2,5(12)13)11-6(14)9-10-7(11)15/h3-4H2,1-2H3,(H,9,14)(H,10,15)(H,12,13). The van der Waals surface area contributed by atoms with Gasteiger partial charge in [-0.2, -0.15) is 0 Å². The zero-order chi connectivity index (χ0) is 11.6. The lowest BCUT2D eigenvalue weighted by Gasteiger charge is -2.23. The third-order valence-corrected chi connectivity index (χ3v) is 2.37. The topological polar surface area (TPSA) is 108 Å². The first-order valence-electron chi connectivity index (χ1n) is 4.57. The molecule has 0 radical (unpaired) electrons. The summed E-state index contributed by atoms with van der Waals surface area (Å²) in [6, 6.07) is 0. The number of rotatable bonds is 4. The summed E-state index contributed by atoms with van der Waals surface area (Å²) < 4.78 is 0.693. The van der Waals surface area contributed by atoms with Crippen LogP contribution in [0.5, 0.6) is 0 Å². The van der Waals surface area contributed by atoms with E-state index in [4.69, 9.17) is 5.11 Å². The minimum Gasteiger partial charge on any atom is -0.479 e. The number of H-pyrrole nitrogens is 2. The molecule has 0 saturated carbocycles. The highest BCUT2D eigenvalue weighted by Gasteiger charge is 2.37. The Labute approximate surface area is 84.7 Å². The predicted octanol–water partition coefficient (Wildman–Crippen LogP) is -0.535. The lowest BCUT2D eigenvalue weighted by Crippen LogP contribution is -2.49. The molecule has 0 aliphatic carbocycles. The minimum atomic E-state index is -1.50. The highest BCUT2D eigenvalue weighted by atomic mass is 16.4. The van der Waals surface area contributed by atoms with Gasteiger partial charge in [-0.15, -0.1) is 0 Å². The molecule has 0 aliphatic heterocycles. The van der Waals surface area contributed by atoms with Crippen molar-refractivity contribution in [3.05, 3.63) is 21.0 Å². The van der Waals surface area contributed by atoms with Crippen molar-refractivity contribution < 1.29 is 9.90 Å². The summed E-state index contributed by atoms with van der Waals surface area (Å²) in [7, 11) is 0. The Morgan fingerprint density at radius 2 is 1.87 bits per heavy atom. The second kappa shape index (κ2) is 3.76. The molecule has 1 atom stereocenters. The van der Waals surface area contributed by atoms with Gasteiger partial charge in [0.25, 0.3) is 0 Å². The van der Waals surface area contributed by atoms with Crippen LogP contribution in [-0.2, 0) is 10.3 Å². The molecular weight excluding hydrogens is 202 g/mol. The summed E-state index contributed by atoms with van der Waals surface area (Å²) in [6.07, 6.45) is 0.767. The number of carboxylic acids is 1. The maximum atomic E-state index is 11.3. The molecule has 15 heavy (non-hydrogen) atoms. The van der Waals surface area contributed by atoms with Gasteiger partial charge in [0.2, 0.25) is 0 Å². The van der Waals surface area contributed by atoms with Crippen LogP contribution < -0.4 is 11.4 Å². The molecule has 84 valence electrons. The molecule has 0 aliphatic rings. The summed E-state index contributed by atoms with van der Waals surface area (Å²) in [5, 5.41) is 13.2. The number of carboxylic acid groups (broad SMARTS) is 1. The molecule has 1 unspecified atom stereocenters. The van der Waals surface area contributed by atoms with Crippen molar-refractivity contribution in [2.24, 2.45) is 0 Å². The lowest BCUT2D eigenvalue weighted by atomic mass is 9.96. The van der Waals surface area contributed by atoms with Crippen molar-refractivity contribution in [3.63, 3.8) is 0 Å². The number of hydrogen-bond acceptors (Lipinski definition) is 3. The first-order valence-corrected chi connectivity index (χ1v) is 4.57. The lowest BCUT2D eigenvalue weighted by molar-refractivity contribution is -0.147. The summed E-state index contributed by atoms with van der Waals surface area (Å²) in [5.74, 6) is -1.20. The molecule has 0 spiro atoms. The summed E-state index contributed by atoms with van der Waals surface area (Å²) >= 11 is 0. The van der Waals surface area contributed by atoms with Crippen molar-refractivity contribution in [1.82, 2.24) is 14.8 Å². The molecule has 0 fully saturated rings. The Balaban J connectivity index is 3.40. The predicted molar refractivity (Wildman–Crippen MR) is 51.9 cm³/mol. The van der Waals surface area contributed by atoms with Crippen LogP contribution in [-0.4, -0.2) is 25.8 Å². The first kappa shape index (κ1) is 11.3. The Hall–Kier alpha value is -1.79. The van der Waals surface area contributed by atoms with Crippen LogP contribution >= 0.6 is 0 Å². The SMILES string of the molecule is CCCC(C)(C(=O)O)n1c(=O)[nH][nH]c1=O. The first-order chi connectivity index (χ1) is 6.93. The molecule has 7 heteroatoms. The molecule has 1 heterocycles. The smallest absolute Gasteiger partial charge is 0.345 e. The van der Waals surface area contributed by atoms with Gasteiger partial charge in [-0.1, -0.05) is 13.3 Å². The molecular formula is C8H13N3O4. The minimum absolute atomic E-state index is 0.211. The van der Waals surface area contributed by atoms with Gasteiger partial charge in [0, 0.05) is 0 Å². The van der Waals surface area contributed by atoms with Crippen molar-refractivity contribution in [3.8, 4) is 0 Å². The van der Waals surface area contributed by atoms with E-state index in [2.05, 4.69) is 10.2 Å². The molecule has 0 bridgehead atoms. The van der Waals surface area contributed by atoms with E-state index in [1.807, 2.05) is 0 Å². The van der Waals surface area contributed by atoms with E-state index >= 15 is 0 Å². The number of aromatic nitrogens is 3.